The summed E-state index contributed by atoms with van der Waals surface area (Å²) >= 11 is 9.72. The van der Waals surface area contributed by atoms with Crippen LogP contribution in [0.4, 0.5) is 0 Å². The van der Waals surface area contributed by atoms with Crippen LogP contribution in [0.25, 0.3) is 0 Å². The van der Waals surface area contributed by atoms with Crippen molar-refractivity contribution in [3.05, 3.63) is 33.3 Å². The van der Waals surface area contributed by atoms with E-state index in [2.05, 4.69) is 28.9 Å². The average Bonchev–Trinajstić information content (AvgIpc) is 2.38. The molecule has 1 fully saturated rings. The van der Waals surface area contributed by atoms with Gasteiger partial charge in [-0.15, -0.1) is 0 Å². The van der Waals surface area contributed by atoms with Crippen LogP contribution >= 0.6 is 27.5 Å². The van der Waals surface area contributed by atoms with Crippen molar-refractivity contribution in [2.24, 2.45) is 17.6 Å². The fourth-order valence-electron chi connectivity index (χ4n) is 2.98. The summed E-state index contributed by atoms with van der Waals surface area (Å²) < 4.78 is 1.01. The Morgan fingerprint density at radius 1 is 1.33 bits per heavy atom. The van der Waals surface area contributed by atoms with Gasteiger partial charge in [0.25, 0.3) is 0 Å². The first-order chi connectivity index (χ1) is 8.61. The summed E-state index contributed by atoms with van der Waals surface area (Å²) in [5.41, 5.74) is 7.50. The Balaban J connectivity index is 2.05. The maximum Gasteiger partial charge on any atom is 0.0465 e. The lowest BCUT2D eigenvalue weighted by atomic mass is 9.76. The maximum atomic E-state index is 6.41. The number of hydrogen-bond donors (Lipinski definition) is 1. The van der Waals surface area contributed by atoms with Crippen molar-refractivity contribution in [3.63, 3.8) is 0 Å². The van der Waals surface area contributed by atoms with E-state index in [4.69, 9.17) is 17.3 Å². The third-order valence-corrected chi connectivity index (χ3v) is 5.12. The molecule has 0 bridgehead atoms. The number of rotatable bonds is 3. The second kappa shape index (κ2) is 6.40. The van der Waals surface area contributed by atoms with Gasteiger partial charge in [0.2, 0.25) is 0 Å². The van der Waals surface area contributed by atoms with Gasteiger partial charge in [-0.1, -0.05) is 59.8 Å². The van der Waals surface area contributed by atoms with E-state index in [-0.39, 0.29) is 6.04 Å². The smallest absolute Gasteiger partial charge is 0.0465 e. The van der Waals surface area contributed by atoms with Crippen LogP contribution in [0.15, 0.2) is 22.7 Å². The fraction of sp³-hybridized carbons (Fsp3) is 0.600. The van der Waals surface area contributed by atoms with Crippen LogP contribution in [-0.4, -0.2) is 0 Å². The lowest BCUT2D eigenvalue weighted by molar-refractivity contribution is 0.240. The largest absolute Gasteiger partial charge is 0.324 e. The van der Waals surface area contributed by atoms with Crippen LogP contribution in [0.1, 0.15) is 50.6 Å². The van der Waals surface area contributed by atoms with Gasteiger partial charge in [-0.2, -0.15) is 0 Å². The standard InChI is InChI=1S/C15H21BrClN/c1-2-10-3-5-11(6-4-10)15(18)13-8-7-12(16)9-14(13)17/h7-11,15H,2-6,18H2,1H3. The van der Waals surface area contributed by atoms with Gasteiger partial charge in [0.15, 0.2) is 0 Å². The van der Waals surface area contributed by atoms with Gasteiger partial charge in [-0.25, -0.2) is 0 Å². The first kappa shape index (κ1) is 14.4. The molecule has 3 heteroatoms. The molecular weight excluding hydrogens is 310 g/mol. The van der Waals surface area contributed by atoms with Crippen molar-refractivity contribution in [2.75, 3.05) is 0 Å². The van der Waals surface area contributed by atoms with Gasteiger partial charge in [0, 0.05) is 15.5 Å². The van der Waals surface area contributed by atoms with E-state index in [9.17, 15) is 0 Å². The van der Waals surface area contributed by atoms with Crippen molar-refractivity contribution in [1.29, 1.82) is 0 Å². The molecule has 2 rings (SSSR count). The quantitative estimate of drug-likeness (QED) is 0.797. The minimum absolute atomic E-state index is 0.0865. The third kappa shape index (κ3) is 3.28. The summed E-state index contributed by atoms with van der Waals surface area (Å²) in [6, 6.07) is 6.11. The van der Waals surface area contributed by atoms with E-state index in [1.54, 1.807) is 0 Å². The Morgan fingerprint density at radius 2 is 2.00 bits per heavy atom. The van der Waals surface area contributed by atoms with Gasteiger partial charge < -0.3 is 5.73 Å². The van der Waals surface area contributed by atoms with Crippen LogP contribution in [0, 0.1) is 11.8 Å². The van der Waals surface area contributed by atoms with Crippen molar-refractivity contribution in [2.45, 2.75) is 45.1 Å². The Kier molecular flexibility index (Phi) is 5.11. The SMILES string of the molecule is CCC1CCC(C(N)c2ccc(Br)cc2Cl)CC1. The third-order valence-electron chi connectivity index (χ3n) is 4.30. The predicted molar refractivity (Wildman–Crippen MR) is 81.8 cm³/mol. The lowest BCUT2D eigenvalue weighted by Crippen LogP contribution is -2.26. The zero-order chi connectivity index (χ0) is 13.1. The minimum Gasteiger partial charge on any atom is -0.324 e. The summed E-state index contributed by atoms with van der Waals surface area (Å²) in [4.78, 5) is 0. The Hall–Kier alpha value is -0.0500. The van der Waals surface area contributed by atoms with Gasteiger partial charge in [0.1, 0.15) is 0 Å². The van der Waals surface area contributed by atoms with Gasteiger partial charge in [0.05, 0.1) is 0 Å². The molecule has 0 aromatic heterocycles. The summed E-state index contributed by atoms with van der Waals surface area (Å²) in [5.74, 6) is 1.50. The van der Waals surface area contributed by atoms with Crippen molar-refractivity contribution in [1.82, 2.24) is 0 Å². The van der Waals surface area contributed by atoms with Gasteiger partial charge >= 0.3 is 0 Å². The zero-order valence-electron chi connectivity index (χ0n) is 10.8. The highest BCUT2D eigenvalue weighted by molar-refractivity contribution is 9.10. The molecule has 1 aromatic rings. The number of hydrogen-bond acceptors (Lipinski definition) is 1. The molecule has 1 aromatic carbocycles. The van der Waals surface area contributed by atoms with Crippen LogP contribution in [-0.2, 0) is 0 Å². The Labute approximate surface area is 123 Å². The summed E-state index contributed by atoms with van der Waals surface area (Å²) in [5, 5.41) is 0.787. The second-order valence-corrected chi connectivity index (χ2v) is 6.70. The highest BCUT2D eigenvalue weighted by Crippen LogP contribution is 2.38. The molecule has 1 aliphatic carbocycles. The molecule has 1 unspecified atom stereocenters. The molecule has 1 saturated carbocycles. The molecule has 2 N–H and O–H groups in total. The summed E-state index contributed by atoms with van der Waals surface area (Å²) in [6.07, 6.45) is 6.44. The van der Waals surface area contributed by atoms with E-state index in [1.165, 1.54) is 32.1 Å². The molecular formula is C15H21BrClN. The molecule has 1 nitrogen and oxygen atoms in total. The lowest BCUT2D eigenvalue weighted by Gasteiger charge is -2.32. The zero-order valence-corrected chi connectivity index (χ0v) is 13.2. The molecule has 0 saturated heterocycles. The molecule has 18 heavy (non-hydrogen) atoms. The van der Waals surface area contributed by atoms with Crippen LogP contribution in [0.2, 0.25) is 5.02 Å². The van der Waals surface area contributed by atoms with E-state index < -0.39 is 0 Å². The Bertz CT molecular complexity index is 399. The van der Waals surface area contributed by atoms with Crippen LogP contribution in [0.3, 0.4) is 0 Å². The molecule has 0 spiro atoms. The highest BCUT2D eigenvalue weighted by Gasteiger charge is 2.26. The molecule has 0 heterocycles. The van der Waals surface area contributed by atoms with E-state index in [1.807, 2.05) is 12.1 Å². The van der Waals surface area contributed by atoms with Crippen molar-refractivity contribution >= 4 is 27.5 Å². The van der Waals surface area contributed by atoms with Gasteiger partial charge in [-0.05, 0) is 42.4 Å². The predicted octanol–water partition coefficient (Wildman–Crippen LogP) is 5.32. The molecule has 1 aliphatic rings. The number of nitrogens with two attached hydrogens (primary N) is 1. The van der Waals surface area contributed by atoms with Crippen LogP contribution < -0.4 is 5.73 Å². The van der Waals surface area contributed by atoms with Gasteiger partial charge in [-0.3, -0.25) is 0 Å². The molecule has 100 valence electrons. The van der Waals surface area contributed by atoms with Crippen LogP contribution in [0.5, 0.6) is 0 Å². The summed E-state index contributed by atoms with van der Waals surface area (Å²) in [6.45, 7) is 2.29. The molecule has 1 atom stereocenters. The Morgan fingerprint density at radius 3 is 2.56 bits per heavy atom. The molecule has 0 amide bonds. The van der Waals surface area contributed by atoms with E-state index in [0.717, 1.165) is 21.0 Å². The monoisotopic (exact) mass is 329 g/mol. The van der Waals surface area contributed by atoms with E-state index >= 15 is 0 Å². The highest BCUT2D eigenvalue weighted by atomic mass is 79.9. The number of halogens is 2. The molecule has 0 aliphatic heterocycles. The topological polar surface area (TPSA) is 26.0 Å². The number of benzene rings is 1. The van der Waals surface area contributed by atoms with Crippen molar-refractivity contribution < 1.29 is 0 Å². The maximum absolute atomic E-state index is 6.41. The first-order valence-electron chi connectivity index (χ1n) is 6.82. The summed E-state index contributed by atoms with van der Waals surface area (Å²) in [7, 11) is 0. The fourth-order valence-corrected chi connectivity index (χ4v) is 3.78. The van der Waals surface area contributed by atoms with Crippen molar-refractivity contribution in [3.8, 4) is 0 Å². The normalized spacial score (nSPS) is 26.0. The minimum atomic E-state index is 0.0865. The molecule has 0 radical (unpaired) electrons. The average molecular weight is 331 g/mol. The van der Waals surface area contributed by atoms with E-state index in [0.29, 0.717) is 5.92 Å². The first-order valence-corrected chi connectivity index (χ1v) is 7.99. The second-order valence-electron chi connectivity index (χ2n) is 5.38.